The largest absolute Gasteiger partial charge is 0.454 e. The van der Waals surface area contributed by atoms with Crippen molar-refractivity contribution in [2.24, 2.45) is 17.8 Å². The summed E-state index contributed by atoms with van der Waals surface area (Å²) in [6, 6.07) is 14.8. The van der Waals surface area contributed by atoms with Crippen LogP contribution in [0.3, 0.4) is 0 Å². The maximum atomic E-state index is 15.3. The van der Waals surface area contributed by atoms with E-state index >= 15 is 4.39 Å². The van der Waals surface area contributed by atoms with Gasteiger partial charge in [-0.3, -0.25) is 9.80 Å². The molecule has 0 radical (unpaired) electrons. The zero-order valence-corrected chi connectivity index (χ0v) is 22.3. The van der Waals surface area contributed by atoms with Gasteiger partial charge < -0.3 is 23.8 Å². The average molecular weight is 552 g/mol. The second-order valence-corrected chi connectivity index (χ2v) is 11.4. The van der Waals surface area contributed by atoms with Crippen molar-refractivity contribution >= 4 is 28.8 Å². The Morgan fingerprint density at radius 1 is 1.05 bits per heavy atom. The molecule has 1 aliphatic carbocycles. The number of rotatable bonds is 7. The molecule has 2 unspecified atom stereocenters. The number of amides is 1. The minimum absolute atomic E-state index is 0.277. The molecule has 1 aromatic heterocycles. The summed E-state index contributed by atoms with van der Waals surface area (Å²) in [5.74, 6) is 2.64. The maximum absolute atomic E-state index is 15.3. The van der Waals surface area contributed by atoms with Crippen molar-refractivity contribution in [2.45, 2.75) is 6.54 Å². The fraction of sp³-hybridized carbons (Fsp3) is 0.414. The van der Waals surface area contributed by atoms with Crippen molar-refractivity contribution in [3.05, 3.63) is 65.3 Å². The molecule has 0 bridgehead atoms. The van der Waals surface area contributed by atoms with Crippen LogP contribution in [0, 0.1) is 23.6 Å². The van der Waals surface area contributed by atoms with Crippen LogP contribution in [0.1, 0.15) is 5.56 Å². The molecule has 3 aromatic rings. The summed E-state index contributed by atoms with van der Waals surface area (Å²) >= 11 is 1.36. The molecule has 204 valence electrons. The minimum Gasteiger partial charge on any atom is -0.454 e. The number of nitrogens with zero attached hydrogens (tertiary/aromatic N) is 3. The van der Waals surface area contributed by atoms with Crippen LogP contribution in [0.2, 0.25) is 0 Å². The number of benzene rings is 2. The van der Waals surface area contributed by atoms with Gasteiger partial charge in [-0.15, -0.1) is 11.3 Å². The van der Waals surface area contributed by atoms with E-state index in [2.05, 4.69) is 17.0 Å². The number of fused-ring (bicyclic) bond motifs is 2. The van der Waals surface area contributed by atoms with Gasteiger partial charge >= 0.3 is 6.09 Å². The van der Waals surface area contributed by atoms with Crippen LogP contribution in [-0.2, 0) is 11.3 Å². The highest BCUT2D eigenvalue weighted by Gasteiger charge is 2.56. The molecule has 2 aromatic carbocycles. The second-order valence-electron chi connectivity index (χ2n) is 10.5. The van der Waals surface area contributed by atoms with E-state index in [1.165, 1.54) is 23.0 Å². The van der Waals surface area contributed by atoms with E-state index in [9.17, 15) is 4.79 Å². The fourth-order valence-electron chi connectivity index (χ4n) is 6.12. The van der Waals surface area contributed by atoms with Gasteiger partial charge in [-0.1, -0.05) is 6.07 Å². The molecule has 39 heavy (non-hydrogen) atoms. The summed E-state index contributed by atoms with van der Waals surface area (Å²) in [5, 5.41) is 2.39. The Bertz CT molecular complexity index is 1340. The normalized spacial score (nSPS) is 23.5. The molecule has 4 heterocycles. The number of likely N-dealkylation sites (tertiary alicyclic amines) is 1. The van der Waals surface area contributed by atoms with Crippen molar-refractivity contribution in [3.63, 3.8) is 0 Å². The summed E-state index contributed by atoms with van der Waals surface area (Å²) in [6.45, 7) is 6.04. The number of anilines is 2. The van der Waals surface area contributed by atoms with E-state index in [1.807, 2.05) is 28.5 Å². The van der Waals surface area contributed by atoms with Gasteiger partial charge in [0, 0.05) is 39.3 Å². The first-order valence-electron chi connectivity index (χ1n) is 13.4. The third-order valence-electron chi connectivity index (χ3n) is 8.18. The van der Waals surface area contributed by atoms with Crippen molar-refractivity contribution in [2.75, 3.05) is 62.5 Å². The molecule has 3 aliphatic heterocycles. The average Bonchev–Trinajstić information content (AvgIpc) is 3.46. The first-order chi connectivity index (χ1) is 19.1. The molecule has 10 heteroatoms. The first-order valence-corrected chi connectivity index (χ1v) is 14.3. The third kappa shape index (κ3) is 5.04. The predicted octanol–water partition coefficient (Wildman–Crippen LogP) is 4.84. The Kier molecular flexibility index (Phi) is 6.54. The van der Waals surface area contributed by atoms with Crippen LogP contribution in [0.5, 0.6) is 16.6 Å². The lowest BCUT2D eigenvalue weighted by atomic mass is 10.1. The topological polar surface area (TPSA) is 63.7 Å². The third-order valence-corrected chi connectivity index (χ3v) is 8.93. The predicted molar refractivity (Wildman–Crippen MR) is 145 cm³/mol. The highest BCUT2D eigenvalue weighted by molar-refractivity contribution is 7.11. The summed E-state index contributed by atoms with van der Waals surface area (Å²) in [7, 11) is 0. The zero-order chi connectivity index (χ0) is 26.3. The van der Waals surface area contributed by atoms with Crippen molar-refractivity contribution in [1.82, 2.24) is 4.90 Å². The Labute approximate surface area is 230 Å². The molecular weight excluding hydrogens is 521 g/mol. The standard InChI is InChI=1S/C29H30FN3O5S/c30-24-13-20(4-5-25(24)32-7-9-35-10-8-32)33(29(34)38-28-2-1-11-39-28)17-23-21-15-31(16-22(21)23)14-19-3-6-26-27(12-19)37-18-36-26/h1-6,11-13,21-23H,7-10,14-18H2. The quantitative estimate of drug-likeness (QED) is 0.417. The summed E-state index contributed by atoms with van der Waals surface area (Å²) in [4.78, 5) is 19.4. The summed E-state index contributed by atoms with van der Waals surface area (Å²) in [5.41, 5.74) is 2.26. The van der Waals surface area contributed by atoms with E-state index in [0.29, 0.717) is 67.0 Å². The lowest BCUT2D eigenvalue weighted by molar-refractivity contribution is 0.122. The van der Waals surface area contributed by atoms with Crippen LogP contribution in [-0.4, -0.2) is 63.7 Å². The van der Waals surface area contributed by atoms with Gasteiger partial charge in [-0.2, -0.15) is 0 Å². The van der Waals surface area contributed by atoms with Crippen LogP contribution >= 0.6 is 11.3 Å². The lowest BCUT2D eigenvalue weighted by Crippen LogP contribution is -2.38. The number of carbonyl (C=O) groups is 1. The van der Waals surface area contributed by atoms with Crippen molar-refractivity contribution < 1.29 is 28.1 Å². The highest BCUT2D eigenvalue weighted by Crippen LogP contribution is 2.52. The SMILES string of the molecule is O=C(Oc1cccs1)N(CC1C2CN(Cc3ccc4c(c3)OCO4)CC21)c1ccc(N2CCOCC2)c(F)c1. The van der Waals surface area contributed by atoms with Gasteiger partial charge in [0.25, 0.3) is 0 Å². The minimum atomic E-state index is -0.474. The molecule has 2 saturated heterocycles. The Balaban J connectivity index is 1.03. The van der Waals surface area contributed by atoms with E-state index in [0.717, 1.165) is 31.1 Å². The van der Waals surface area contributed by atoms with Gasteiger partial charge in [0.05, 0.1) is 24.6 Å². The van der Waals surface area contributed by atoms with Crippen LogP contribution in [0.25, 0.3) is 0 Å². The van der Waals surface area contributed by atoms with Gasteiger partial charge in [0.2, 0.25) is 6.79 Å². The van der Waals surface area contributed by atoms with Gasteiger partial charge in [-0.25, -0.2) is 9.18 Å². The van der Waals surface area contributed by atoms with E-state index in [-0.39, 0.29) is 12.6 Å². The number of carbonyl (C=O) groups excluding carboxylic acids is 1. The molecule has 8 nitrogen and oxygen atoms in total. The molecule has 0 spiro atoms. The van der Waals surface area contributed by atoms with Crippen molar-refractivity contribution in [3.8, 4) is 16.6 Å². The maximum Gasteiger partial charge on any atom is 0.420 e. The molecule has 7 rings (SSSR count). The smallest absolute Gasteiger partial charge is 0.420 e. The Morgan fingerprint density at radius 3 is 2.64 bits per heavy atom. The lowest BCUT2D eigenvalue weighted by Gasteiger charge is -2.30. The van der Waals surface area contributed by atoms with Gasteiger partial charge in [0.15, 0.2) is 16.6 Å². The number of hydrogen-bond acceptors (Lipinski definition) is 8. The molecule has 0 N–H and O–H groups in total. The number of morpholine rings is 1. The number of thiophene rings is 1. The van der Waals surface area contributed by atoms with Gasteiger partial charge in [0.1, 0.15) is 5.82 Å². The molecule has 1 saturated carbocycles. The molecule has 4 aliphatic rings. The van der Waals surface area contributed by atoms with Crippen LogP contribution in [0.15, 0.2) is 53.9 Å². The monoisotopic (exact) mass is 551 g/mol. The number of piperidine rings is 1. The van der Waals surface area contributed by atoms with E-state index in [1.54, 1.807) is 17.0 Å². The van der Waals surface area contributed by atoms with Crippen LogP contribution < -0.4 is 24.0 Å². The highest BCUT2D eigenvalue weighted by atomic mass is 32.1. The van der Waals surface area contributed by atoms with Crippen LogP contribution in [0.4, 0.5) is 20.6 Å². The second kappa shape index (κ2) is 10.3. The zero-order valence-electron chi connectivity index (χ0n) is 21.5. The van der Waals surface area contributed by atoms with E-state index < -0.39 is 6.09 Å². The molecule has 2 atom stereocenters. The molecule has 1 amide bonds. The Hall–Kier alpha value is -3.34. The summed E-state index contributed by atoms with van der Waals surface area (Å²) < 4.78 is 37.3. The number of halogens is 1. The molecular formula is C29H30FN3O5S. The number of hydrogen-bond donors (Lipinski definition) is 0. The van der Waals surface area contributed by atoms with Crippen molar-refractivity contribution in [1.29, 1.82) is 0 Å². The summed E-state index contributed by atoms with van der Waals surface area (Å²) in [6.07, 6.45) is -0.474. The first kappa shape index (κ1) is 24.7. The molecule has 3 fully saturated rings. The Morgan fingerprint density at radius 2 is 1.87 bits per heavy atom. The van der Waals surface area contributed by atoms with E-state index in [4.69, 9.17) is 18.9 Å². The number of ether oxygens (including phenoxy) is 4. The fourth-order valence-corrected chi connectivity index (χ4v) is 6.69. The van der Waals surface area contributed by atoms with Gasteiger partial charge in [-0.05, 0) is 71.2 Å².